The van der Waals surface area contributed by atoms with E-state index >= 15 is 0 Å². The highest BCUT2D eigenvalue weighted by molar-refractivity contribution is 4.93. The van der Waals surface area contributed by atoms with Crippen molar-refractivity contribution in [2.24, 2.45) is 17.8 Å². The number of aliphatic hydroxyl groups excluding tert-OH is 1. The zero-order valence-electron chi connectivity index (χ0n) is 13.6. The molecular formula is C17H33NO2. The fraction of sp³-hybridized carbons (Fsp3) is 0.882. The second kappa shape index (κ2) is 9.54. The Morgan fingerprint density at radius 1 is 1.30 bits per heavy atom. The lowest BCUT2D eigenvalue weighted by Crippen LogP contribution is -2.40. The van der Waals surface area contributed by atoms with Crippen LogP contribution in [0.3, 0.4) is 0 Å². The monoisotopic (exact) mass is 283 g/mol. The van der Waals surface area contributed by atoms with Gasteiger partial charge in [0.2, 0.25) is 0 Å². The van der Waals surface area contributed by atoms with Crippen LogP contribution in [0.25, 0.3) is 0 Å². The first kappa shape index (κ1) is 17.7. The van der Waals surface area contributed by atoms with Gasteiger partial charge in [0.25, 0.3) is 0 Å². The molecule has 4 atom stereocenters. The van der Waals surface area contributed by atoms with Gasteiger partial charge < -0.3 is 15.2 Å². The zero-order valence-corrected chi connectivity index (χ0v) is 13.6. The Hall–Kier alpha value is -0.380. The van der Waals surface area contributed by atoms with Gasteiger partial charge in [-0.25, -0.2) is 0 Å². The molecule has 0 saturated carbocycles. The average Bonchev–Trinajstić information content (AvgIpc) is 2.41. The number of aliphatic hydroxyl groups is 1. The highest BCUT2D eigenvalue weighted by Crippen LogP contribution is 2.24. The first-order valence-electron chi connectivity index (χ1n) is 8.18. The minimum Gasteiger partial charge on any atom is -0.389 e. The summed E-state index contributed by atoms with van der Waals surface area (Å²) in [6.45, 7) is 10.7. The van der Waals surface area contributed by atoms with Crippen molar-refractivity contribution in [1.82, 2.24) is 5.32 Å². The summed E-state index contributed by atoms with van der Waals surface area (Å²) in [4.78, 5) is 0. The Balaban J connectivity index is 2.13. The number of hydrogen-bond acceptors (Lipinski definition) is 3. The van der Waals surface area contributed by atoms with E-state index in [9.17, 15) is 5.11 Å². The van der Waals surface area contributed by atoms with Crippen LogP contribution in [0, 0.1) is 17.8 Å². The first-order chi connectivity index (χ1) is 9.54. The molecule has 0 fully saturated rings. The second-order valence-corrected chi connectivity index (χ2v) is 6.54. The van der Waals surface area contributed by atoms with Gasteiger partial charge in [-0.05, 0) is 37.0 Å². The first-order valence-corrected chi connectivity index (χ1v) is 8.18. The molecule has 2 N–H and O–H groups in total. The number of allylic oxidation sites excluding steroid dienone is 2. The van der Waals surface area contributed by atoms with Crippen molar-refractivity contribution in [1.29, 1.82) is 0 Å². The Morgan fingerprint density at radius 2 is 2.00 bits per heavy atom. The van der Waals surface area contributed by atoms with Crippen LogP contribution in [0.5, 0.6) is 0 Å². The predicted octanol–water partition coefficient (Wildman–Crippen LogP) is 2.99. The molecule has 4 unspecified atom stereocenters. The number of ether oxygens (including phenoxy) is 1. The number of hydrogen-bond donors (Lipinski definition) is 2. The van der Waals surface area contributed by atoms with Crippen LogP contribution in [0.15, 0.2) is 12.2 Å². The third-order valence-corrected chi connectivity index (χ3v) is 4.42. The zero-order chi connectivity index (χ0) is 15.0. The summed E-state index contributed by atoms with van der Waals surface area (Å²) in [5, 5.41) is 13.4. The molecule has 3 heteroatoms. The smallest absolute Gasteiger partial charge is 0.0897 e. The maximum Gasteiger partial charge on any atom is 0.0897 e. The standard InChI is InChI=1S/C17H33NO2/c1-5-17(13(2)3)18-10-16(19)12-20-11-15-9-7-6-8-14(15)4/h6-7,13-19H,5,8-12H2,1-4H3. The Labute approximate surface area is 124 Å². The highest BCUT2D eigenvalue weighted by atomic mass is 16.5. The van der Waals surface area contributed by atoms with Gasteiger partial charge in [-0.15, -0.1) is 0 Å². The number of rotatable bonds is 9. The molecular weight excluding hydrogens is 250 g/mol. The summed E-state index contributed by atoms with van der Waals surface area (Å²) >= 11 is 0. The van der Waals surface area contributed by atoms with E-state index < -0.39 is 6.10 Å². The molecule has 0 aromatic rings. The molecule has 0 amide bonds. The fourth-order valence-electron chi connectivity index (χ4n) is 2.79. The maximum absolute atomic E-state index is 9.97. The lowest BCUT2D eigenvalue weighted by atomic mass is 9.85. The normalized spacial score (nSPS) is 25.9. The summed E-state index contributed by atoms with van der Waals surface area (Å²) in [5.74, 6) is 1.91. The van der Waals surface area contributed by atoms with Crippen LogP contribution >= 0.6 is 0 Å². The van der Waals surface area contributed by atoms with Gasteiger partial charge in [0, 0.05) is 12.6 Å². The van der Waals surface area contributed by atoms with Crippen molar-refractivity contribution in [3.63, 3.8) is 0 Å². The Morgan fingerprint density at radius 3 is 2.60 bits per heavy atom. The summed E-state index contributed by atoms with van der Waals surface area (Å²) in [7, 11) is 0. The van der Waals surface area contributed by atoms with Crippen molar-refractivity contribution in [2.45, 2.75) is 59.1 Å². The highest BCUT2D eigenvalue weighted by Gasteiger charge is 2.19. The van der Waals surface area contributed by atoms with Gasteiger partial charge in [0.15, 0.2) is 0 Å². The van der Waals surface area contributed by atoms with Crippen molar-refractivity contribution >= 4 is 0 Å². The average molecular weight is 283 g/mol. The molecule has 1 aliphatic rings. The molecule has 0 aromatic heterocycles. The SMILES string of the molecule is CCC(NCC(O)COCC1CC=CCC1C)C(C)C. The molecule has 3 nitrogen and oxygen atoms in total. The van der Waals surface area contributed by atoms with E-state index in [4.69, 9.17) is 4.74 Å². The minimum absolute atomic E-state index is 0.405. The lowest BCUT2D eigenvalue weighted by molar-refractivity contribution is 0.0113. The maximum atomic E-state index is 9.97. The Kier molecular flexibility index (Phi) is 8.43. The summed E-state index contributed by atoms with van der Waals surface area (Å²) < 4.78 is 5.71. The molecule has 0 radical (unpaired) electrons. The van der Waals surface area contributed by atoms with Gasteiger partial charge in [-0.1, -0.05) is 39.8 Å². The summed E-state index contributed by atoms with van der Waals surface area (Å²) in [5.41, 5.74) is 0. The lowest BCUT2D eigenvalue weighted by Gasteiger charge is -2.26. The van der Waals surface area contributed by atoms with E-state index in [1.165, 1.54) is 0 Å². The third kappa shape index (κ3) is 6.38. The largest absolute Gasteiger partial charge is 0.389 e. The van der Waals surface area contributed by atoms with E-state index in [0.717, 1.165) is 25.9 Å². The molecule has 0 aromatic carbocycles. The van der Waals surface area contributed by atoms with Crippen molar-refractivity contribution in [2.75, 3.05) is 19.8 Å². The van der Waals surface area contributed by atoms with Gasteiger partial charge in [-0.3, -0.25) is 0 Å². The van der Waals surface area contributed by atoms with Crippen molar-refractivity contribution < 1.29 is 9.84 Å². The van der Waals surface area contributed by atoms with Gasteiger partial charge in [-0.2, -0.15) is 0 Å². The van der Waals surface area contributed by atoms with Crippen LogP contribution in [0.1, 0.15) is 47.0 Å². The van der Waals surface area contributed by atoms with Crippen LogP contribution in [-0.2, 0) is 4.74 Å². The third-order valence-electron chi connectivity index (χ3n) is 4.42. The Bertz CT molecular complexity index is 278. The molecule has 0 aliphatic heterocycles. The van der Waals surface area contributed by atoms with Gasteiger partial charge in [0.1, 0.15) is 0 Å². The van der Waals surface area contributed by atoms with Crippen LogP contribution in [0.4, 0.5) is 0 Å². The van der Waals surface area contributed by atoms with Crippen LogP contribution in [-0.4, -0.2) is 37.0 Å². The summed E-state index contributed by atoms with van der Waals surface area (Å²) in [6.07, 6.45) is 7.47. The molecule has 1 aliphatic carbocycles. The van der Waals surface area contributed by atoms with Gasteiger partial charge in [0.05, 0.1) is 19.3 Å². The number of nitrogens with one attached hydrogen (secondary N) is 1. The van der Waals surface area contributed by atoms with E-state index in [0.29, 0.717) is 36.9 Å². The molecule has 1 rings (SSSR count). The van der Waals surface area contributed by atoms with Crippen LogP contribution < -0.4 is 5.32 Å². The molecule has 0 saturated heterocycles. The van der Waals surface area contributed by atoms with Gasteiger partial charge >= 0.3 is 0 Å². The molecule has 0 heterocycles. The summed E-state index contributed by atoms with van der Waals surface area (Å²) in [6, 6.07) is 0.480. The van der Waals surface area contributed by atoms with E-state index in [-0.39, 0.29) is 0 Å². The predicted molar refractivity (Wildman–Crippen MR) is 84.8 cm³/mol. The second-order valence-electron chi connectivity index (χ2n) is 6.54. The topological polar surface area (TPSA) is 41.5 Å². The van der Waals surface area contributed by atoms with Crippen LogP contribution in [0.2, 0.25) is 0 Å². The fourth-order valence-corrected chi connectivity index (χ4v) is 2.79. The molecule has 118 valence electrons. The van der Waals surface area contributed by atoms with E-state index in [1.54, 1.807) is 0 Å². The quantitative estimate of drug-likeness (QED) is 0.639. The minimum atomic E-state index is -0.405. The van der Waals surface area contributed by atoms with E-state index in [1.807, 2.05) is 0 Å². The van der Waals surface area contributed by atoms with E-state index in [2.05, 4.69) is 45.2 Å². The molecule has 0 spiro atoms. The van der Waals surface area contributed by atoms with Crippen molar-refractivity contribution in [3.8, 4) is 0 Å². The molecule has 20 heavy (non-hydrogen) atoms. The molecule has 0 bridgehead atoms. The van der Waals surface area contributed by atoms with Crippen molar-refractivity contribution in [3.05, 3.63) is 12.2 Å².